The zero-order valence-electron chi connectivity index (χ0n) is 10.3. The number of piperidine rings is 1. The van der Waals surface area contributed by atoms with Gasteiger partial charge in [-0.05, 0) is 37.0 Å². The second-order valence-corrected chi connectivity index (χ2v) is 6.02. The molecule has 0 aromatic rings. The summed E-state index contributed by atoms with van der Waals surface area (Å²) in [6.45, 7) is 8.63. The van der Waals surface area contributed by atoms with E-state index in [9.17, 15) is 0 Å². The normalized spacial score (nSPS) is 43.4. The highest BCUT2D eigenvalue weighted by Gasteiger charge is 2.28. The topological polar surface area (TPSA) is 29.3 Å². The van der Waals surface area contributed by atoms with Crippen molar-refractivity contribution < 1.29 is 0 Å². The maximum atomic E-state index is 6.14. The van der Waals surface area contributed by atoms with E-state index in [-0.39, 0.29) is 0 Å². The van der Waals surface area contributed by atoms with Crippen LogP contribution in [-0.2, 0) is 0 Å². The highest BCUT2D eigenvalue weighted by atomic mass is 15.1. The molecule has 15 heavy (non-hydrogen) atoms. The average Bonchev–Trinajstić information content (AvgIpc) is 2.50. The number of nitrogens with zero attached hydrogens (tertiary/aromatic N) is 1. The molecule has 2 nitrogen and oxygen atoms in total. The van der Waals surface area contributed by atoms with Crippen LogP contribution in [0, 0.1) is 17.8 Å². The van der Waals surface area contributed by atoms with Crippen LogP contribution in [0.15, 0.2) is 0 Å². The van der Waals surface area contributed by atoms with Crippen LogP contribution < -0.4 is 5.73 Å². The molecule has 2 aliphatic rings. The van der Waals surface area contributed by atoms with Crippen molar-refractivity contribution in [3.05, 3.63) is 0 Å². The Bertz CT molecular complexity index is 195. The summed E-state index contributed by atoms with van der Waals surface area (Å²) >= 11 is 0. The summed E-state index contributed by atoms with van der Waals surface area (Å²) in [6, 6.07) is 0.484. The van der Waals surface area contributed by atoms with Gasteiger partial charge >= 0.3 is 0 Å². The third-order valence-corrected chi connectivity index (χ3v) is 4.16. The fourth-order valence-electron chi connectivity index (χ4n) is 3.56. The molecule has 0 aromatic heterocycles. The Morgan fingerprint density at radius 1 is 1.13 bits per heavy atom. The van der Waals surface area contributed by atoms with Gasteiger partial charge < -0.3 is 10.6 Å². The van der Waals surface area contributed by atoms with E-state index in [1.54, 1.807) is 0 Å². The molecule has 4 atom stereocenters. The molecule has 0 radical (unpaired) electrons. The van der Waals surface area contributed by atoms with Gasteiger partial charge in [0.05, 0.1) is 0 Å². The fourth-order valence-corrected chi connectivity index (χ4v) is 3.56. The van der Waals surface area contributed by atoms with Crippen molar-refractivity contribution in [2.75, 3.05) is 19.6 Å². The summed E-state index contributed by atoms with van der Waals surface area (Å²) in [5.74, 6) is 2.54. The smallest absolute Gasteiger partial charge is 0.00793 e. The van der Waals surface area contributed by atoms with Gasteiger partial charge in [-0.15, -0.1) is 0 Å². The second kappa shape index (κ2) is 4.84. The highest BCUT2D eigenvalue weighted by Crippen LogP contribution is 2.27. The van der Waals surface area contributed by atoms with Gasteiger partial charge in [-0.3, -0.25) is 0 Å². The minimum atomic E-state index is 0.484. The molecule has 2 heteroatoms. The lowest BCUT2D eigenvalue weighted by Gasteiger charge is -2.37. The molecule has 1 aliphatic heterocycles. The first-order chi connectivity index (χ1) is 7.15. The quantitative estimate of drug-likeness (QED) is 0.756. The Balaban J connectivity index is 1.83. The molecule has 1 saturated carbocycles. The van der Waals surface area contributed by atoms with Gasteiger partial charge in [0, 0.05) is 25.7 Å². The number of hydrogen-bond acceptors (Lipinski definition) is 2. The monoisotopic (exact) mass is 210 g/mol. The first-order valence-electron chi connectivity index (χ1n) is 6.63. The highest BCUT2D eigenvalue weighted by molar-refractivity contribution is 4.84. The molecule has 2 rings (SSSR count). The van der Waals surface area contributed by atoms with Crippen molar-refractivity contribution in [2.24, 2.45) is 23.5 Å². The van der Waals surface area contributed by atoms with E-state index in [1.807, 2.05) is 0 Å². The van der Waals surface area contributed by atoms with Gasteiger partial charge in [0.25, 0.3) is 0 Å². The van der Waals surface area contributed by atoms with E-state index >= 15 is 0 Å². The van der Waals surface area contributed by atoms with E-state index in [0.717, 1.165) is 17.8 Å². The number of hydrogen-bond donors (Lipinski definition) is 1. The van der Waals surface area contributed by atoms with Crippen LogP contribution in [0.1, 0.15) is 39.5 Å². The third-order valence-electron chi connectivity index (χ3n) is 4.16. The van der Waals surface area contributed by atoms with Crippen molar-refractivity contribution in [1.82, 2.24) is 4.90 Å². The minimum Gasteiger partial charge on any atom is -0.327 e. The Hall–Kier alpha value is -0.0800. The summed E-state index contributed by atoms with van der Waals surface area (Å²) in [5.41, 5.74) is 6.14. The van der Waals surface area contributed by atoms with Crippen molar-refractivity contribution in [2.45, 2.75) is 45.6 Å². The van der Waals surface area contributed by atoms with Crippen LogP contribution in [-0.4, -0.2) is 30.6 Å². The number of likely N-dealkylation sites (tertiary alicyclic amines) is 1. The zero-order valence-corrected chi connectivity index (χ0v) is 10.3. The van der Waals surface area contributed by atoms with Crippen molar-refractivity contribution in [3.63, 3.8) is 0 Å². The Morgan fingerprint density at radius 2 is 1.80 bits per heavy atom. The SMILES string of the molecule is CC1CC(C)CN(CC2CCCC2N)C1. The van der Waals surface area contributed by atoms with Crippen molar-refractivity contribution >= 4 is 0 Å². The zero-order chi connectivity index (χ0) is 10.8. The first-order valence-corrected chi connectivity index (χ1v) is 6.63. The summed E-state index contributed by atoms with van der Waals surface area (Å²) in [7, 11) is 0. The van der Waals surface area contributed by atoms with Gasteiger partial charge in [0.15, 0.2) is 0 Å². The summed E-state index contributed by atoms with van der Waals surface area (Å²) in [4.78, 5) is 2.66. The molecular weight excluding hydrogens is 184 g/mol. The molecular formula is C13H26N2. The molecule has 2 fully saturated rings. The molecule has 0 bridgehead atoms. The second-order valence-electron chi connectivity index (χ2n) is 6.02. The average molecular weight is 210 g/mol. The molecule has 1 aliphatic carbocycles. The van der Waals surface area contributed by atoms with Crippen LogP contribution in [0.25, 0.3) is 0 Å². The Morgan fingerprint density at radius 3 is 2.33 bits per heavy atom. The maximum absolute atomic E-state index is 6.14. The molecule has 2 N–H and O–H groups in total. The van der Waals surface area contributed by atoms with Gasteiger partial charge in [-0.2, -0.15) is 0 Å². The number of nitrogens with two attached hydrogens (primary N) is 1. The lowest BCUT2D eigenvalue weighted by molar-refractivity contribution is 0.119. The van der Waals surface area contributed by atoms with Crippen LogP contribution in [0.5, 0.6) is 0 Å². The van der Waals surface area contributed by atoms with E-state index < -0.39 is 0 Å². The molecule has 0 amide bonds. The molecule has 88 valence electrons. The molecule has 0 aromatic carbocycles. The summed E-state index contributed by atoms with van der Waals surface area (Å²) in [6.07, 6.45) is 5.38. The lowest BCUT2D eigenvalue weighted by Crippen LogP contribution is -2.43. The van der Waals surface area contributed by atoms with Crippen LogP contribution in [0.4, 0.5) is 0 Å². The molecule has 1 saturated heterocycles. The van der Waals surface area contributed by atoms with Crippen molar-refractivity contribution in [3.8, 4) is 0 Å². The summed E-state index contributed by atoms with van der Waals surface area (Å²) < 4.78 is 0. The van der Waals surface area contributed by atoms with Crippen LogP contribution >= 0.6 is 0 Å². The van der Waals surface area contributed by atoms with Gasteiger partial charge in [-0.25, -0.2) is 0 Å². The van der Waals surface area contributed by atoms with Gasteiger partial charge in [0.2, 0.25) is 0 Å². The van der Waals surface area contributed by atoms with Gasteiger partial charge in [0.1, 0.15) is 0 Å². The predicted molar refractivity (Wildman–Crippen MR) is 64.7 cm³/mol. The van der Waals surface area contributed by atoms with Crippen molar-refractivity contribution in [1.29, 1.82) is 0 Å². The molecule has 1 heterocycles. The standard InChI is InChI=1S/C13H26N2/c1-10-6-11(2)8-15(7-10)9-12-4-3-5-13(12)14/h10-13H,3-9,14H2,1-2H3. The first kappa shape index (κ1) is 11.4. The fraction of sp³-hybridized carbons (Fsp3) is 1.00. The van der Waals surface area contributed by atoms with Gasteiger partial charge in [-0.1, -0.05) is 20.3 Å². The molecule has 0 spiro atoms. The summed E-state index contributed by atoms with van der Waals surface area (Å²) in [5, 5.41) is 0. The predicted octanol–water partition coefficient (Wildman–Crippen LogP) is 2.09. The molecule has 4 unspecified atom stereocenters. The van der Waals surface area contributed by atoms with Crippen LogP contribution in [0.2, 0.25) is 0 Å². The maximum Gasteiger partial charge on any atom is 0.00793 e. The Kier molecular flexibility index (Phi) is 3.68. The van der Waals surface area contributed by atoms with Crippen LogP contribution in [0.3, 0.4) is 0 Å². The minimum absolute atomic E-state index is 0.484. The van der Waals surface area contributed by atoms with E-state index in [2.05, 4.69) is 18.7 Å². The Labute approximate surface area is 94.2 Å². The van der Waals surface area contributed by atoms with E-state index in [1.165, 1.54) is 45.3 Å². The number of rotatable bonds is 2. The third kappa shape index (κ3) is 2.94. The van der Waals surface area contributed by atoms with E-state index in [4.69, 9.17) is 5.73 Å². The largest absolute Gasteiger partial charge is 0.327 e. The van der Waals surface area contributed by atoms with E-state index in [0.29, 0.717) is 6.04 Å². The lowest BCUT2D eigenvalue weighted by atomic mass is 9.90.